The van der Waals surface area contributed by atoms with E-state index in [0.29, 0.717) is 22.5 Å². The maximum absolute atomic E-state index is 13.0. The van der Waals surface area contributed by atoms with Gasteiger partial charge in [-0.1, -0.05) is 49.0 Å². The lowest BCUT2D eigenvalue weighted by Crippen LogP contribution is -2.10. The molecule has 0 saturated carbocycles. The Kier molecular flexibility index (Phi) is 5.23. The number of H-pyrrole nitrogens is 1. The molecular formula is C26H19N5O3. The molecule has 1 aliphatic heterocycles. The highest BCUT2D eigenvalue weighted by molar-refractivity contribution is 6.37. The highest BCUT2D eigenvalue weighted by Crippen LogP contribution is 2.39. The summed E-state index contributed by atoms with van der Waals surface area (Å²) in [6.45, 7) is 4.11. The first kappa shape index (κ1) is 20.9. The number of amides is 1. The molecular weight excluding hydrogens is 430 g/mol. The van der Waals surface area contributed by atoms with Crippen molar-refractivity contribution in [3.05, 3.63) is 124 Å². The van der Waals surface area contributed by atoms with Crippen LogP contribution in [0.4, 0.5) is 17.1 Å². The molecule has 4 aromatic rings. The number of rotatable bonds is 6. The molecule has 34 heavy (non-hydrogen) atoms. The van der Waals surface area contributed by atoms with E-state index in [1.807, 2.05) is 54.6 Å². The Morgan fingerprint density at radius 3 is 2.44 bits per heavy atom. The summed E-state index contributed by atoms with van der Waals surface area (Å²) in [5, 5.41) is 17.5. The van der Waals surface area contributed by atoms with Crippen LogP contribution in [0.1, 0.15) is 22.4 Å². The third-order valence-electron chi connectivity index (χ3n) is 5.58. The maximum atomic E-state index is 13.0. The topological polar surface area (TPSA) is 113 Å². The molecule has 0 aliphatic carbocycles. The molecule has 3 aromatic carbocycles. The summed E-state index contributed by atoms with van der Waals surface area (Å²) in [6.07, 6.45) is 3.38. The summed E-state index contributed by atoms with van der Waals surface area (Å²) in [6, 6.07) is 21.3. The predicted molar refractivity (Wildman–Crippen MR) is 132 cm³/mol. The largest absolute Gasteiger partial charge is 0.354 e. The van der Waals surface area contributed by atoms with Gasteiger partial charge in [0, 0.05) is 40.8 Å². The fraction of sp³-hybridized carbons (Fsp3) is 0. The van der Waals surface area contributed by atoms with Crippen LogP contribution in [0.5, 0.6) is 0 Å². The van der Waals surface area contributed by atoms with Gasteiger partial charge in [-0.05, 0) is 29.3 Å². The van der Waals surface area contributed by atoms with Gasteiger partial charge in [0.25, 0.3) is 11.6 Å². The lowest BCUT2D eigenvalue weighted by atomic mass is 9.99. The summed E-state index contributed by atoms with van der Waals surface area (Å²) in [5.74, 6) is -0.328. The van der Waals surface area contributed by atoms with Crippen LogP contribution in [0, 0.1) is 10.1 Å². The Balaban J connectivity index is 1.57. The Morgan fingerprint density at radius 2 is 1.76 bits per heavy atom. The number of benzene rings is 3. The second kappa shape index (κ2) is 8.51. The van der Waals surface area contributed by atoms with Crippen LogP contribution in [-0.2, 0) is 4.79 Å². The SMILES string of the molecule is C=C(c1ccc(N/C(=C2\C(=O)Nc3ccc([N+](=O)[O-])cc32)c2ccccc2)cc1)c1c[nH]cn1. The number of nitrogens with one attached hydrogen (secondary N) is 3. The molecule has 1 aliphatic rings. The van der Waals surface area contributed by atoms with Gasteiger partial charge in [0.05, 0.1) is 28.2 Å². The minimum absolute atomic E-state index is 0.0820. The van der Waals surface area contributed by atoms with Crippen molar-refractivity contribution < 1.29 is 9.72 Å². The smallest absolute Gasteiger partial charge is 0.270 e. The number of aromatic amines is 1. The lowest BCUT2D eigenvalue weighted by molar-refractivity contribution is -0.384. The monoisotopic (exact) mass is 449 g/mol. The Labute approximate surface area is 194 Å². The van der Waals surface area contributed by atoms with Crippen molar-refractivity contribution >= 4 is 39.8 Å². The molecule has 0 unspecified atom stereocenters. The fourth-order valence-electron chi connectivity index (χ4n) is 3.87. The third-order valence-corrected chi connectivity index (χ3v) is 5.58. The van der Waals surface area contributed by atoms with E-state index in [1.54, 1.807) is 18.6 Å². The third kappa shape index (κ3) is 3.84. The van der Waals surface area contributed by atoms with Crippen LogP contribution in [0.3, 0.4) is 0 Å². The molecule has 0 atom stereocenters. The molecule has 2 heterocycles. The average Bonchev–Trinajstić information content (AvgIpc) is 3.50. The number of non-ortho nitro benzene ring substituents is 1. The van der Waals surface area contributed by atoms with Gasteiger partial charge in [0.15, 0.2) is 0 Å². The molecule has 1 aromatic heterocycles. The van der Waals surface area contributed by atoms with Gasteiger partial charge < -0.3 is 15.6 Å². The molecule has 5 rings (SSSR count). The van der Waals surface area contributed by atoms with Gasteiger partial charge in [-0.2, -0.15) is 0 Å². The fourth-order valence-corrected chi connectivity index (χ4v) is 3.87. The molecule has 166 valence electrons. The van der Waals surface area contributed by atoms with E-state index in [4.69, 9.17) is 0 Å². The Morgan fingerprint density at radius 1 is 1.00 bits per heavy atom. The Hall–Kier alpha value is -4.98. The van der Waals surface area contributed by atoms with Crippen LogP contribution in [0.15, 0.2) is 91.9 Å². The molecule has 0 saturated heterocycles. The zero-order valence-electron chi connectivity index (χ0n) is 17.9. The van der Waals surface area contributed by atoms with Crippen molar-refractivity contribution in [2.75, 3.05) is 10.6 Å². The van der Waals surface area contributed by atoms with Crippen LogP contribution in [0.2, 0.25) is 0 Å². The lowest BCUT2D eigenvalue weighted by Gasteiger charge is -2.15. The van der Waals surface area contributed by atoms with E-state index in [1.165, 1.54) is 12.1 Å². The highest BCUT2D eigenvalue weighted by atomic mass is 16.6. The summed E-state index contributed by atoms with van der Waals surface area (Å²) in [7, 11) is 0. The van der Waals surface area contributed by atoms with Crippen molar-refractivity contribution in [2.24, 2.45) is 0 Å². The number of nitro groups is 1. The van der Waals surface area contributed by atoms with E-state index < -0.39 is 4.92 Å². The van der Waals surface area contributed by atoms with E-state index in [-0.39, 0.29) is 11.6 Å². The number of imidazole rings is 1. The first-order valence-corrected chi connectivity index (χ1v) is 10.5. The van der Waals surface area contributed by atoms with E-state index >= 15 is 0 Å². The number of nitrogens with zero attached hydrogens (tertiary/aromatic N) is 2. The standard InChI is InChI=1S/C26H19N5O3/c1-16(23-14-27-15-28-23)17-7-9-19(10-8-17)29-25(18-5-3-2-4-6-18)24-21-13-20(31(33)34)11-12-22(21)30-26(24)32/h2-15,29H,1H2,(H,27,28)(H,30,32)/b25-24-. The van der Waals surface area contributed by atoms with Gasteiger partial charge in [-0.3, -0.25) is 14.9 Å². The van der Waals surface area contributed by atoms with E-state index in [2.05, 4.69) is 27.2 Å². The van der Waals surface area contributed by atoms with Gasteiger partial charge in [0.1, 0.15) is 0 Å². The normalized spacial score (nSPS) is 13.7. The second-order valence-corrected chi connectivity index (χ2v) is 7.69. The zero-order valence-corrected chi connectivity index (χ0v) is 17.9. The van der Waals surface area contributed by atoms with Gasteiger partial charge in [-0.25, -0.2) is 4.98 Å². The molecule has 3 N–H and O–H groups in total. The predicted octanol–water partition coefficient (Wildman–Crippen LogP) is 5.31. The first-order chi connectivity index (χ1) is 16.5. The quantitative estimate of drug-likeness (QED) is 0.210. The summed E-state index contributed by atoms with van der Waals surface area (Å²) >= 11 is 0. The summed E-state index contributed by atoms with van der Waals surface area (Å²) < 4.78 is 0. The number of hydrogen-bond acceptors (Lipinski definition) is 5. The van der Waals surface area contributed by atoms with Crippen LogP contribution in [-0.4, -0.2) is 20.8 Å². The zero-order chi connectivity index (χ0) is 23.7. The van der Waals surface area contributed by atoms with Gasteiger partial charge in [0.2, 0.25) is 0 Å². The number of carbonyl (C=O) groups is 1. The molecule has 0 fully saturated rings. The molecule has 0 bridgehead atoms. The second-order valence-electron chi connectivity index (χ2n) is 7.69. The minimum Gasteiger partial charge on any atom is -0.354 e. The van der Waals surface area contributed by atoms with Crippen LogP contribution < -0.4 is 10.6 Å². The van der Waals surface area contributed by atoms with Crippen LogP contribution in [0.25, 0.3) is 16.8 Å². The molecule has 0 spiro atoms. The summed E-state index contributed by atoms with van der Waals surface area (Å²) in [4.78, 5) is 31.0. The number of fused-ring (bicyclic) bond motifs is 1. The van der Waals surface area contributed by atoms with E-state index in [9.17, 15) is 14.9 Å². The van der Waals surface area contributed by atoms with Crippen molar-refractivity contribution in [3.8, 4) is 0 Å². The average molecular weight is 449 g/mol. The summed E-state index contributed by atoms with van der Waals surface area (Å²) in [5.41, 5.74) is 5.80. The van der Waals surface area contributed by atoms with Crippen molar-refractivity contribution in [1.29, 1.82) is 0 Å². The number of nitro benzene ring substituents is 1. The maximum Gasteiger partial charge on any atom is 0.270 e. The van der Waals surface area contributed by atoms with Gasteiger partial charge >= 0.3 is 0 Å². The molecule has 0 radical (unpaired) electrons. The van der Waals surface area contributed by atoms with Crippen molar-refractivity contribution in [1.82, 2.24) is 9.97 Å². The number of anilines is 2. The molecule has 8 nitrogen and oxygen atoms in total. The van der Waals surface area contributed by atoms with Crippen molar-refractivity contribution in [2.45, 2.75) is 0 Å². The minimum atomic E-state index is -0.471. The van der Waals surface area contributed by atoms with Crippen molar-refractivity contribution in [3.63, 3.8) is 0 Å². The van der Waals surface area contributed by atoms with E-state index in [0.717, 1.165) is 28.1 Å². The molecule has 1 amide bonds. The number of aromatic nitrogens is 2. The molecule has 8 heteroatoms. The number of hydrogen-bond donors (Lipinski definition) is 3. The van der Waals surface area contributed by atoms with Gasteiger partial charge in [-0.15, -0.1) is 0 Å². The first-order valence-electron chi connectivity index (χ1n) is 10.5. The highest BCUT2D eigenvalue weighted by Gasteiger charge is 2.30. The Bertz CT molecular complexity index is 1440. The van der Waals surface area contributed by atoms with Crippen LogP contribution >= 0.6 is 0 Å². The number of carbonyl (C=O) groups excluding carboxylic acids is 1.